The van der Waals surface area contributed by atoms with E-state index >= 15 is 0 Å². The smallest absolute Gasteiger partial charge is 0.250 e. The summed E-state index contributed by atoms with van der Waals surface area (Å²) in [6.45, 7) is 1.28. The van der Waals surface area contributed by atoms with Gasteiger partial charge in [0.05, 0.1) is 5.57 Å². The normalized spacial score (nSPS) is 15.4. The third-order valence-electron chi connectivity index (χ3n) is 1.74. The van der Waals surface area contributed by atoms with Crippen molar-refractivity contribution in [1.82, 2.24) is 4.90 Å². The largest absolute Gasteiger partial charge is 0.373 e. The highest BCUT2D eigenvalue weighted by Crippen LogP contribution is 2.06. The standard InChI is InChI=1S/C9H11N2O2/c10-9(13)8-3-1-4-11(7-8)5-2-6-12/h1,3,7H,2,4-5H2,(H2,10,13). The van der Waals surface area contributed by atoms with Gasteiger partial charge in [-0.2, -0.15) is 0 Å². The number of hydrogen-bond acceptors (Lipinski definition) is 3. The first-order chi connectivity index (χ1) is 6.24. The summed E-state index contributed by atoms with van der Waals surface area (Å²) in [5, 5.41) is 0. The summed E-state index contributed by atoms with van der Waals surface area (Å²) >= 11 is 0. The van der Waals surface area contributed by atoms with E-state index in [2.05, 4.69) is 0 Å². The van der Waals surface area contributed by atoms with E-state index in [0.717, 1.165) is 0 Å². The first-order valence-electron chi connectivity index (χ1n) is 4.01. The van der Waals surface area contributed by atoms with Crippen molar-refractivity contribution in [1.29, 1.82) is 0 Å². The molecule has 0 bridgehead atoms. The van der Waals surface area contributed by atoms with Gasteiger partial charge in [-0.1, -0.05) is 12.2 Å². The summed E-state index contributed by atoms with van der Waals surface area (Å²) in [7, 11) is 0. The van der Waals surface area contributed by atoms with Gasteiger partial charge >= 0.3 is 0 Å². The fraction of sp³-hybridized carbons (Fsp3) is 0.333. The monoisotopic (exact) mass is 179 g/mol. The molecule has 1 aliphatic rings. The van der Waals surface area contributed by atoms with E-state index in [-0.39, 0.29) is 0 Å². The van der Waals surface area contributed by atoms with Gasteiger partial charge in [-0.3, -0.25) is 9.59 Å². The number of amides is 1. The van der Waals surface area contributed by atoms with E-state index in [1.54, 1.807) is 18.6 Å². The van der Waals surface area contributed by atoms with E-state index in [0.29, 0.717) is 25.1 Å². The highest BCUT2D eigenvalue weighted by molar-refractivity contribution is 5.94. The Kier molecular flexibility index (Phi) is 3.25. The second-order valence-electron chi connectivity index (χ2n) is 2.74. The lowest BCUT2D eigenvalue weighted by atomic mass is 10.2. The van der Waals surface area contributed by atoms with E-state index < -0.39 is 5.91 Å². The first kappa shape index (κ1) is 9.51. The van der Waals surface area contributed by atoms with Crippen LogP contribution in [-0.2, 0) is 9.59 Å². The second kappa shape index (κ2) is 4.45. The molecule has 4 heteroatoms. The van der Waals surface area contributed by atoms with Gasteiger partial charge in [-0.05, 0) is 0 Å². The van der Waals surface area contributed by atoms with Crippen LogP contribution in [0.4, 0.5) is 0 Å². The number of primary amides is 1. The molecule has 1 rings (SSSR count). The van der Waals surface area contributed by atoms with E-state index in [4.69, 9.17) is 5.73 Å². The Morgan fingerprint density at radius 3 is 3.08 bits per heavy atom. The van der Waals surface area contributed by atoms with Gasteiger partial charge in [0, 0.05) is 25.7 Å². The number of rotatable bonds is 4. The van der Waals surface area contributed by atoms with Crippen LogP contribution in [0.5, 0.6) is 0 Å². The zero-order valence-corrected chi connectivity index (χ0v) is 7.19. The van der Waals surface area contributed by atoms with Crippen molar-refractivity contribution in [2.45, 2.75) is 6.42 Å². The van der Waals surface area contributed by atoms with Crippen LogP contribution in [-0.4, -0.2) is 30.2 Å². The van der Waals surface area contributed by atoms with Gasteiger partial charge in [0.2, 0.25) is 5.91 Å². The Bertz CT molecular complexity index is 269. The predicted octanol–water partition coefficient (Wildman–Crippen LogP) is -0.273. The van der Waals surface area contributed by atoms with Crippen molar-refractivity contribution < 1.29 is 9.59 Å². The molecule has 0 saturated heterocycles. The summed E-state index contributed by atoms with van der Waals surface area (Å²) < 4.78 is 0. The summed E-state index contributed by atoms with van der Waals surface area (Å²) in [5.41, 5.74) is 5.57. The van der Waals surface area contributed by atoms with Crippen molar-refractivity contribution in [2.24, 2.45) is 5.73 Å². The Morgan fingerprint density at radius 1 is 1.69 bits per heavy atom. The molecule has 69 valence electrons. The van der Waals surface area contributed by atoms with Gasteiger partial charge in [-0.25, -0.2) is 0 Å². The van der Waals surface area contributed by atoms with Crippen LogP contribution in [0.3, 0.4) is 0 Å². The highest BCUT2D eigenvalue weighted by Gasteiger charge is 2.08. The number of nitrogens with zero attached hydrogens (tertiary/aromatic N) is 1. The highest BCUT2D eigenvalue weighted by atomic mass is 16.1. The molecule has 0 aromatic rings. The van der Waals surface area contributed by atoms with Gasteiger partial charge in [0.1, 0.15) is 0 Å². The van der Waals surface area contributed by atoms with Crippen molar-refractivity contribution >= 4 is 12.2 Å². The van der Waals surface area contributed by atoms with Crippen molar-refractivity contribution in [3.05, 3.63) is 23.9 Å². The summed E-state index contributed by atoms with van der Waals surface area (Å²) in [4.78, 5) is 22.6. The lowest BCUT2D eigenvalue weighted by Crippen LogP contribution is -2.25. The Hall–Kier alpha value is -1.58. The Labute approximate surface area is 76.7 Å². The van der Waals surface area contributed by atoms with E-state index in [1.165, 1.54) is 0 Å². The van der Waals surface area contributed by atoms with Crippen molar-refractivity contribution in [3.8, 4) is 0 Å². The maximum absolute atomic E-state index is 10.8. The molecule has 13 heavy (non-hydrogen) atoms. The average Bonchev–Trinajstić information content (AvgIpc) is 2.15. The van der Waals surface area contributed by atoms with E-state index in [9.17, 15) is 9.59 Å². The molecule has 2 N–H and O–H groups in total. The molecule has 0 fully saturated rings. The molecule has 0 aliphatic carbocycles. The maximum atomic E-state index is 10.8. The average molecular weight is 179 g/mol. The Balaban J connectivity index is 2.56. The molecule has 1 heterocycles. The molecule has 0 aromatic heterocycles. The summed E-state index contributed by atoms with van der Waals surface area (Å²) in [5.74, 6) is -0.448. The molecular weight excluding hydrogens is 168 g/mol. The maximum Gasteiger partial charge on any atom is 0.250 e. The van der Waals surface area contributed by atoms with Crippen LogP contribution in [0.15, 0.2) is 23.9 Å². The predicted molar refractivity (Wildman–Crippen MR) is 48.3 cm³/mol. The first-order valence-corrected chi connectivity index (χ1v) is 4.01. The van der Waals surface area contributed by atoms with Gasteiger partial charge in [-0.15, -0.1) is 0 Å². The second-order valence-corrected chi connectivity index (χ2v) is 2.74. The number of nitrogens with two attached hydrogens (primary N) is 1. The summed E-state index contributed by atoms with van der Waals surface area (Å²) in [6, 6.07) is 0. The molecule has 4 nitrogen and oxygen atoms in total. The molecule has 0 aromatic carbocycles. The van der Waals surface area contributed by atoms with Gasteiger partial charge in [0.15, 0.2) is 6.29 Å². The molecular formula is C9H11N2O2. The van der Waals surface area contributed by atoms with Gasteiger partial charge in [0.25, 0.3) is 0 Å². The zero-order chi connectivity index (χ0) is 9.68. The zero-order valence-electron chi connectivity index (χ0n) is 7.19. The third kappa shape index (κ3) is 2.74. The Morgan fingerprint density at radius 2 is 2.46 bits per heavy atom. The molecule has 0 unspecified atom stereocenters. The number of hydrogen-bond donors (Lipinski definition) is 1. The van der Waals surface area contributed by atoms with Crippen LogP contribution in [0.25, 0.3) is 0 Å². The fourth-order valence-corrected chi connectivity index (χ4v) is 1.10. The minimum atomic E-state index is -0.448. The topological polar surface area (TPSA) is 63.4 Å². The van der Waals surface area contributed by atoms with Crippen LogP contribution in [0, 0.1) is 0 Å². The molecule has 1 amide bonds. The summed E-state index contributed by atoms with van der Waals surface area (Å²) in [6.07, 6.45) is 7.33. The van der Waals surface area contributed by atoms with Crippen molar-refractivity contribution in [3.63, 3.8) is 0 Å². The minimum Gasteiger partial charge on any atom is -0.373 e. The third-order valence-corrected chi connectivity index (χ3v) is 1.74. The lowest BCUT2D eigenvalue weighted by molar-refractivity contribution is -0.114. The van der Waals surface area contributed by atoms with E-state index in [1.807, 2.05) is 11.0 Å². The number of carbonyl (C=O) groups is 1. The quantitative estimate of drug-likeness (QED) is 0.646. The molecule has 1 aliphatic heterocycles. The lowest BCUT2D eigenvalue weighted by Gasteiger charge is -2.20. The van der Waals surface area contributed by atoms with Crippen LogP contribution in [0.2, 0.25) is 0 Å². The van der Waals surface area contributed by atoms with Crippen LogP contribution < -0.4 is 5.73 Å². The van der Waals surface area contributed by atoms with Gasteiger partial charge < -0.3 is 10.6 Å². The molecule has 0 saturated carbocycles. The SMILES string of the molecule is NC(=O)C1=CN(CC[C]=O)CC=C1. The van der Waals surface area contributed by atoms with Crippen LogP contribution in [0.1, 0.15) is 6.42 Å². The number of carbonyl (C=O) groups excluding carboxylic acids is 2. The molecule has 1 radical (unpaired) electrons. The minimum absolute atomic E-state index is 0.344. The molecule has 0 spiro atoms. The fourth-order valence-electron chi connectivity index (χ4n) is 1.10. The van der Waals surface area contributed by atoms with Crippen molar-refractivity contribution in [2.75, 3.05) is 13.1 Å². The van der Waals surface area contributed by atoms with Crippen LogP contribution >= 0.6 is 0 Å². The molecule has 0 atom stereocenters.